The highest BCUT2D eigenvalue weighted by Gasteiger charge is 2.18. The predicted octanol–water partition coefficient (Wildman–Crippen LogP) is 3.09. The molecule has 146 valence electrons. The van der Waals surface area contributed by atoms with Crippen LogP contribution < -0.4 is 5.32 Å². The van der Waals surface area contributed by atoms with Crippen LogP contribution in [0.1, 0.15) is 18.2 Å². The molecule has 27 heavy (non-hydrogen) atoms. The first-order valence-corrected chi connectivity index (χ1v) is 9.21. The molecule has 0 unspecified atom stereocenters. The summed E-state index contributed by atoms with van der Waals surface area (Å²) in [4.78, 5) is 9.47. The molecule has 1 saturated heterocycles. The number of nitrogens with one attached hydrogen (secondary N) is 1. The van der Waals surface area contributed by atoms with Gasteiger partial charge in [0.1, 0.15) is 12.0 Å². The molecular weight excluding hydrogens is 453 g/mol. The van der Waals surface area contributed by atoms with Crippen LogP contribution in [0, 0.1) is 0 Å². The topological polar surface area (TPSA) is 56.9 Å². The van der Waals surface area contributed by atoms with E-state index in [-0.39, 0.29) is 24.0 Å². The van der Waals surface area contributed by atoms with E-state index in [0.29, 0.717) is 6.54 Å². The van der Waals surface area contributed by atoms with Gasteiger partial charge in [-0.05, 0) is 12.5 Å². The van der Waals surface area contributed by atoms with Crippen molar-refractivity contribution in [1.29, 1.82) is 0 Å². The van der Waals surface area contributed by atoms with Crippen molar-refractivity contribution >= 4 is 36.0 Å². The van der Waals surface area contributed by atoms with Gasteiger partial charge in [0.05, 0.1) is 6.54 Å². The molecule has 3 rings (SSSR count). The van der Waals surface area contributed by atoms with Crippen LogP contribution >= 0.6 is 24.0 Å². The molecule has 1 aromatic heterocycles. The molecule has 0 saturated carbocycles. The number of nitrogens with zero attached hydrogens (tertiary/aromatic N) is 4. The largest absolute Gasteiger partial charge is 0.364 e. The molecule has 7 heteroatoms. The summed E-state index contributed by atoms with van der Waals surface area (Å²) in [5.74, 6) is 0.954. The highest BCUT2D eigenvalue weighted by Crippen LogP contribution is 2.06. The van der Waals surface area contributed by atoms with Crippen molar-refractivity contribution in [3.05, 3.63) is 60.0 Å². The lowest BCUT2D eigenvalue weighted by Crippen LogP contribution is -2.52. The number of aromatic nitrogens is 1. The van der Waals surface area contributed by atoms with E-state index >= 15 is 0 Å². The number of hydrogen-bond acceptors (Lipinski definition) is 4. The zero-order chi connectivity index (χ0) is 18.0. The Hall–Kier alpha value is -1.87. The lowest BCUT2D eigenvalue weighted by Gasteiger charge is -2.36. The molecule has 1 aliphatic rings. The van der Waals surface area contributed by atoms with Gasteiger partial charge < -0.3 is 14.7 Å². The van der Waals surface area contributed by atoms with Gasteiger partial charge in [-0.1, -0.05) is 47.6 Å². The second kappa shape index (κ2) is 11.8. The van der Waals surface area contributed by atoms with E-state index in [9.17, 15) is 0 Å². The summed E-state index contributed by atoms with van der Waals surface area (Å²) in [5.41, 5.74) is 2.10. The lowest BCUT2D eigenvalue weighted by atomic mass is 10.2. The van der Waals surface area contributed by atoms with Gasteiger partial charge in [0.2, 0.25) is 0 Å². The summed E-state index contributed by atoms with van der Waals surface area (Å²) in [6, 6.07) is 12.3. The third kappa shape index (κ3) is 6.99. The van der Waals surface area contributed by atoms with Gasteiger partial charge in [0.15, 0.2) is 5.96 Å². The fourth-order valence-electron chi connectivity index (χ4n) is 2.95. The average molecular weight is 481 g/mol. The number of rotatable bonds is 6. The van der Waals surface area contributed by atoms with Crippen LogP contribution in [0.2, 0.25) is 0 Å². The molecule has 0 spiro atoms. The Bertz CT molecular complexity index is 694. The van der Waals surface area contributed by atoms with Gasteiger partial charge in [0.25, 0.3) is 0 Å². The second-order valence-corrected chi connectivity index (χ2v) is 6.26. The quantitative estimate of drug-likeness (QED) is 0.391. The van der Waals surface area contributed by atoms with Crippen LogP contribution in [-0.4, -0.2) is 60.2 Å². The van der Waals surface area contributed by atoms with E-state index in [1.54, 1.807) is 6.26 Å². The summed E-state index contributed by atoms with van der Waals surface area (Å²) in [5, 5.41) is 7.30. The Balaban J connectivity index is 0.00000261. The zero-order valence-electron chi connectivity index (χ0n) is 15.8. The van der Waals surface area contributed by atoms with E-state index < -0.39 is 0 Å². The minimum absolute atomic E-state index is 0. The maximum atomic E-state index is 4.87. The van der Waals surface area contributed by atoms with Crippen molar-refractivity contribution < 1.29 is 4.52 Å². The molecule has 0 radical (unpaired) electrons. The molecule has 1 aliphatic heterocycles. The number of aliphatic imine (C=N–C) groups is 1. The Morgan fingerprint density at radius 2 is 1.96 bits per heavy atom. The normalized spacial score (nSPS) is 15.7. The van der Waals surface area contributed by atoms with E-state index in [1.165, 1.54) is 5.56 Å². The van der Waals surface area contributed by atoms with Gasteiger partial charge in [-0.3, -0.25) is 4.90 Å². The van der Waals surface area contributed by atoms with Gasteiger partial charge in [-0.15, -0.1) is 24.0 Å². The monoisotopic (exact) mass is 481 g/mol. The van der Waals surface area contributed by atoms with E-state index in [4.69, 9.17) is 4.52 Å². The van der Waals surface area contributed by atoms with E-state index in [0.717, 1.165) is 50.9 Å². The maximum absolute atomic E-state index is 4.87. The zero-order valence-corrected chi connectivity index (χ0v) is 18.1. The van der Waals surface area contributed by atoms with Gasteiger partial charge in [-0.25, -0.2) is 4.99 Å². The first kappa shape index (κ1) is 21.4. The van der Waals surface area contributed by atoms with Crippen molar-refractivity contribution in [2.24, 2.45) is 4.99 Å². The van der Waals surface area contributed by atoms with E-state index in [2.05, 4.69) is 68.6 Å². The molecule has 1 N–H and O–H groups in total. The molecule has 2 heterocycles. The Morgan fingerprint density at radius 1 is 1.19 bits per heavy atom. The highest BCUT2D eigenvalue weighted by atomic mass is 127. The summed E-state index contributed by atoms with van der Waals surface area (Å²) < 4.78 is 4.87. The third-order valence-electron chi connectivity index (χ3n) is 4.36. The van der Waals surface area contributed by atoms with E-state index in [1.807, 2.05) is 12.1 Å². The molecule has 0 aliphatic carbocycles. The summed E-state index contributed by atoms with van der Waals surface area (Å²) in [7, 11) is 0. The summed E-state index contributed by atoms with van der Waals surface area (Å²) >= 11 is 0. The van der Waals surface area contributed by atoms with Gasteiger partial charge in [-0.2, -0.15) is 0 Å². The second-order valence-electron chi connectivity index (χ2n) is 6.26. The summed E-state index contributed by atoms with van der Waals surface area (Å²) in [6.45, 7) is 8.50. The molecular formula is C20H28IN5O. The first-order chi connectivity index (χ1) is 12.8. The Labute approximate surface area is 178 Å². The molecule has 0 amide bonds. The van der Waals surface area contributed by atoms with Crippen LogP contribution in [0.25, 0.3) is 6.08 Å². The van der Waals surface area contributed by atoms with Crippen molar-refractivity contribution in [1.82, 2.24) is 20.3 Å². The number of halogens is 1. The van der Waals surface area contributed by atoms with Crippen LogP contribution in [0.4, 0.5) is 0 Å². The number of guanidine groups is 1. The average Bonchev–Trinajstić information content (AvgIpc) is 3.20. The van der Waals surface area contributed by atoms with Gasteiger partial charge in [0, 0.05) is 45.3 Å². The molecule has 1 fully saturated rings. The maximum Gasteiger partial charge on any atom is 0.194 e. The molecule has 1 aromatic carbocycles. The van der Waals surface area contributed by atoms with Gasteiger partial charge >= 0.3 is 0 Å². The molecule has 6 nitrogen and oxygen atoms in total. The number of hydrogen-bond donors (Lipinski definition) is 1. The van der Waals surface area contributed by atoms with Crippen molar-refractivity contribution in [2.75, 3.05) is 39.3 Å². The molecule has 2 aromatic rings. The first-order valence-electron chi connectivity index (χ1n) is 9.21. The fourth-order valence-corrected chi connectivity index (χ4v) is 2.95. The Morgan fingerprint density at radius 3 is 2.63 bits per heavy atom. The number of piperazine rings is 1. The minimum atomic E-state index is 0. The van der Waals surface area contributed by atoms with Crippen LogP contribution in [0.15, 0.2) is 58.3 Å². The van der Waals surface area contributed by atoms with Crippen LogP contribution in [0.5, 0.6) is 0 Å². The fraction of sp³-hybridized carbons (Fsp3) is 0.400. The number of benzene rings is 1. The Kier molecular flexibility index (Phi) is 9.34. The lowest BCUT2D eigenvalue weighted by molar-refractivity contribution is 0.194. The minimum Gasteiger partial charge on any atom is -0.364 e. The summed E-state index contributed by atoms with van der Waals surface area (Å²) in [6.07, 6.45) is 6.02. The standard InChI is InChI=1S/C20H27N5O.HI/c1-2-21-20(22-17-19-10-16-26-23-19)25-14-12-24(13-15-25)11-6-9-18-7-4-3-5-8-18;/h3-10,16H,2,11-15,17H2,1H3,(H,21,22);1H/b9-6+;. The van der Waals surface area contributed by atoms with Crippen molar-refractivity contribution in [3.8, 4) is 0 Å². The SMILES string of the molecule is CCNC(=NCc1ccon1)N1CCN(C/C=C/c2ccccc2)CC1.I. The molecule has 0 bridgehead atoms. The van der Waals surface area contributed by atoms with Crippen LogP contribution in [0.3, 0.4) is 0 Å². The highest BCUT2D eigenvalue weighted by molar-refractivity contribution is 14.0. The van der Waals surface area contributed by atoms with Crippen molar-refractivity contribution in [3.63, 3.8) is 0 Å². The smallest absolute Gasteiger partial charge is 0.194 e. The molecule has 0 atom stereocenters. The predicted molar refractivity (Wildman–Crippen MR) is 120 cm³/mol. The third-order valence-corrected chi connectivity index (χ3v) is 4.36. The van der Waals surface area contributed by atoms with Crippen LogP contribution in [-0.2, 0) is 6.54 Å². The van der Waals surface area contributed by atoms with Crippen molar-refractivity contribution in [2.45, 2.75) is 13.5 Å².